The van der Waals surface area contributed by atoms with Crippen LogP contribution in [0.4, 0.5) is 0 Å². The Morgan fingerprint density at radius 1 is 1.12 bits per heavy atom. The highest BCUT2D eigenvalue weighted by Crippen LogP contribution is 2.42. The molecule has 3 rings (SSSR count). The average molecular weight is 439 g/mol. The first-order valence-corrected chi connectivity index (χ1v) is 10.6. The summed E-state index contributed by atoms with van der Waals surface area (Å²) < 4.78 is 11.1. The molecule has 0 aliphatic carbocycles. The van der Waals surface area contributed by atoms with Gasteiger partial charge < -0.3 is 24.4 Å². The van der Waals surface area contributed by atoms with E-state index in [0.717, 1.165) is 5.56 Å². The second-order valence-electron chi connectivity index (χ2n) is 7.95. The lowest BCUT2D eigenvalue weighted by molar-refractivity contribution is -0.140. The predicted molar refractivity (Wildman–Crippen MR) is 123 cm³/mol. The molecule has 0 bridgehead atoms. The van der Waals surface area contributed by atoms with Crippen LogP contribution in [0.2, 0.25) is 0 Å². The molecule has 0 spiro atoms. The lowest BCUT2D eigenvalue weighted by Gasteiger charge is -2.27. The van der Waals surface area contributed by atoms with Gasteiger partial charge in [0.25, 0.3) is 11.7 Å². The van der Waals surface area contributed by atoms with E-state index in [9.17, 15) is 14.7 Å². The van der Waals surface area contributed by atoms with Crippen molar-refractivity contribution in [1.82, 2.24) is 9.80 Å². The highest BCUT2D eigenvalue weighted by Gasteiger charge is 2.46. The number of aryl methyl sites for hydroxylation is 1. The number of ether oxygens (including phenoxy) is 2. The molecule has 32 heavy (non-hydrogen) atoms. The van der Waals surface area contributed by atoms with Gasteiger partial charge in [-0.1, -0.05) is 18.2 Å². The molecule has 1 aliphatic heterocycles. The number of amides is 1. The standard InChI is InChI=1S/C25H30N2O5/c1-6-32-19-12-11-17(15-16(19)2)23(28)21-22(18-9-7-8-10-20(18)31-5)27(14-13-26(3)4)25(30)24(21)29/h7-12,15,22,28H,6,13-14H2,1-5H3/b23-21+. The Balaban J connectivity index is 2.17. The van der Waals surface area contributed by atoms with Gasteiger partial charge in [0.15, 0.2) is 0 Å². The Morgan fingerprint density at radius 2 is 1.84 bits per heavy atom. The second kappa shape index (κ2) is 9.87. The van der Waals surface area contributed by atoms with E-state index in [0.29, 0.717) is 42.3 Å². The van der Waals surface area contributed by atoms with E-state index in [1.165, 1.54) is 4.90 Å². The molecule has 7 nitrogen and oxygen atoms in total. The fraction of sp³-hybridized carbons (Fsp3) is 0.360. The first kappa shape index (κ1) is 23.3. The molecule has 0 radical (unpaired) electrons. The van der Waals surface area contributed by atoms with E-state index in [1.54, 1.807) is 31.4 Å². The van der Waals surface area contributed by atoms with Crippen molar-refractivity contribution < 1.29 is 24.2 Å². The van der Waals surface area contributed by atoms with Crippen LogP contribution in [0.5, 0.6) is 11.5 Å². The van der Waals surface area contributed by atoms with Crippen molar-refractivity contribution in [2.75, 3.05) is 40.9 Å². The number of likely N-dealkylation sites (N-methyl/N-ethyl adjacent to an activating group) is 1. The predicted octanol–water partition coefficient (Wildman–Crippen LogP) is 3.39. The molecule has 1 fully saturated rings. The van der Waals surface area contributed by atoms with Crippen LogP contribution in [0.3, 0.4) is 0 Å². The molecule has 2 aromatic carbocycles. The maximum Gasteiger partial charge on any atom is 0.295 e. The summed E-state index contributed by atoms with van der Waals surface area (Å²) in [5.41, 5.74) is 1.99. The molecule has 170 valence electrons. The molecule has 0 aromatic heterocycles. The molecule has 1 aliphatic rings. The van der Waals surface area contributed by atoms with Crippen molar-refractivity contribution in [3.63, 3.8) is 0 Å². The van der Waals surface area contributed by atoms with Gasteiger partial charge in [0.2, 0.25) is 0 Å². The van der Waals surface area contributed by atoms with Crippen LogP contribution in [0, 0.1) is 6.92 Å². The van der Waals surface area contributed by atoms with Gasteiger partial charge in [-0.25, -0.2) is 0 Å². The zero-order valence-corrected chi connectivity index (χ0v) is 19.2. The number of aliphatic hydroxyl groups is 1. The Morgan fingerprint density at radius 3 is 2.47 bits per heavy atom. The number of carbonyl (C=O) groups excluding carboxylic acids is 2. The summed E-state index contributed by atoms with van der Waals surface area (Å²) in [5.74, 6) is -0.298. The second-order valence-corrected chi connectivity index (χ2v) is 7.95. The van der Waals surface area contributed by atoms with Crippen molar-refractivity contribution >= 4 is 17.4 Å². The Bertz CT molecular complexity index is 1040. The maximum atomic E-state index is 13.1. The number of carbonyl (C=O) groups is 2. The zero-order chi connectivity index (χ0) is 23.4. The third-order valence-corrected chi connectivity index (χ3v) is 5.51. The maximum absolute atomic E-state index is 13.1. The zero-order valence-electron chi connectivity index (χ0n) is 19.2. The van der Waals surface area contributed by atoms with E-state index in [1.807, 2.05) is 51.0 Å². The molecular formula is C25H30N2O5. The van der Waals surface area contributed by atoms with Crippen molar-refractivity contribution in [2.24, 2.45) is 0 Å². The molecule has 1 amide bonds. The topological polar surface area (TPSA) is 79.3 Å². The number of Topliss-reactive ketones (excluding diaryl/α,β-unsaturated/α-hetero) is 1. The number of hydrogen-bond donors (Lipinski definition) is 1. The van der Waals surface area contributed by atoms with Gasteiger partial charge in [-0.15, -0.1) is 0 Å². The van der Waals surface area contributed by atoms with Gasteiger partial charge in [0.1, 0.15) is 17.3 Å². The molecule has 0 saturated carbocycles. The highest BCUT2D eigenvalue weighted by atomic mass is 16.5. The SMILES string of the molecule is CCOc1ccc(/C(O)=C2\C(=O)C(=O)N(CCN(C)C)C2c2ccccc2OC)cc1C. The van der Waals surface area contributed by atoms with Crippen LogP contribution in [0.15, 0.2) is 48.0 Å². The van der Waals surface area contributed by atoms with Crippen molar-refractivity contribution in [3.05, 3.63) is 64.7 Å². The Hall–Kier alpha value is -3.32. The molecule has 1 atom stereocenters. The Labute approximate surface area is 188 Å². The van der Waals surface area contributed by atoms with Crippen LogP contribution in [-0.4, -0.2) is 67.5 Å². The lowest BCUT2D eigenvalue weighted by atomic mass is 9.94. The highest BCUT2D eigenvalue weighted by molar-refractivity contribution is 6.46. The Kier molecular flexibility index (Phi) is 7.20. The fourth-order valence-electron chi connectivity index (χ4n) is 3.90. The van der Waals surface area contributed by atoms with Gasteiger partial charge in [0.05, 0.1) is 25.3 Å². The first-order valence-electron chi connectivity index (χ1n) is 10.6. The molecule has 2 aromatic rings. The number of benzene rings is 2. The first-order chi connectivity index (χ1) is 15.3. The summed E-state index contributed by atoms with van der Waals surface area (Å²) in [4.78, 5) is 29.6. The summed E-state index contributed by atoms with van der Waals surface area (Å²) in [6.45, 7) is 5.20. The number of aliphatic hydroxyl groups excluding tert-OH is 1. The van der Waals surface area contributed by atoms with Crippen LogP contribution in [-0.2, 0) is 9.59 Å². The molecule has 1 unspecified atom stereocenters. The lowest BCUT2D eigenvalue weighted by Crippen LogP contribution is -2.35. The number of para-hydroxylation sites is 1. The van der Waals surface area contributed by atoms with E-state index in [2.05, 4.69) is 0 Å². The van der Waals surface area contributed by atoms with Gasteiger partial charge in [-0.3, -0.25) is 9.59 Å². The summed E-state index contributed by atoms with van der Waals surface area (Å²) in [6, 6.07) is 11.7. The van der Waals surface area contributed by atoms with E-state index >= 15 is 0 Å². The third kappa shape index (κ3) is 4.48. The minimum atomic E-state index is -0.752. The van der Waals surface area contributed by atoms with Crippen LogP contribution in [0.25, 0.3) is 5.76 Å². The van der Waals surface area contributed by atoms with Gasteiger partial charge in [-0.2, -0.15) is 0 Å². The minimum absolute atomic E-state index is 0.0572. The third-order valence-electron chi connectivity index (χ3n) is 5.51. The van der Waals surface area contributed by atoms with Gasteiger partial charge in [-0.05, 0) is 57.8 Å². The summed E-state index contributed by atoms with van der Waals surface area (Å²) in [7, 11) is 5.34. The average Bonchev–Trinajstić information content (AvgIpc) is 3.03. The molecule has 1 saturated heterocycles. The number of rotatable bonds is 8. The minimum Gasteiger partial charge on any atom is -0.507 e. The molecule has 7 heteroatoms. The van der Waals surface area contributed by atoms with Crippen LogP contribution < -0.4 is 9.47 Å². The van der Waals surface area contributed by atoms with Crippen molar-refractivity contribution in [3.8, 4) is 11.5 Å². The van der Waals surface area contributed by atoms with Gasteiger partial charge in [0, 0.05) is 24.2 Å². The van der Waals surface area contributed by atoms with Crippen LogP contribution in [0.1, 0.15) is 29.7 Å². The summed E-state index contributed by atoms with van der Waals surface area (Å²) in [5, 5.41) is 11.2. The number of likely N-dealkylation sites (tertiary alicyclic amines) is 1. The monoisotopic (exact) mass is 438 g/mol. The van der Waals surface area contributed by atoms with Gasteiger partial charge >= 0.3 is 0 Å². The van der Waals surface area contributed by atoms with E-state index in [4.69, 9.17) is 9.47 Å². The number of hydrogen-bond acceptors (Lipinski definition) is 6. The van der Waals surface area contributed by atoms with Crippen molar-refractivity contribution in [2.45, 2.75) is 19.9 Å². The normalized spacial score (nSPS) is 17.8. The summed E-state index contributed by atoms with van der Waals surface area (Å²) in [6.07, 6.45) is 0. The van der Waals surface area contributed by atoms with Crippen molar-refractivity contribution in [1.29, 1.82) is 0 Å². The number of ketones is 1. The molecule has 1 heterocycles. The quantitative estimate of drug-likeness (QED) is 0.387. The van der Waals surface area contributed by atoms with Crippen LogP contribution >= 0.6 is 0 Å². The molecular weight excluding hydrogens is 408 g/mol. The molecule has 1 N–H and O–H groups in total. The fourth-order valence-corrected chi connectivity index (χ4v) is 3.90. The number of methoxy groups -OCH3 is 1. The number of nitrogens with zero attached hydrogens (tertiary/aromatic N) is 2. The van der Waals surface area contributed by atoms with E-state index < -0.39 is 17.7 Å². The largest absolute Gasteiger partial charge is 0.507 e. The van der Waals surface area contributed by atoms with E-state index in [-0.39, 0.29) is 11.3 Å². The smallest absolute Gasteiger partial charge is 0.295 e. The summed E-state index contributed by atoms with van der Waals surface area (Å²) >= 11 is 0.